The molecule has 1 heterocycles. The molecular weight excluding hydrogens is 377 g/mol. The Bertz CT molecular complexity index is 914. The van der Waals surface area contributed by atoms with Crippen LogP contribution in [0.15, 0.2) is 41.3 Å². The van der Waals surface area contributed by atoms with E-state index in [2.05, 4.69) is 10.0 Å². The number of alkyl halides is 3. The fraction of sp³-hybridized carbons (Fsp3) is 0.250. The van der Waals surface area contributed by atoms with Gasteiger partial charge in [0.05, 0.1) is 10.6 Å². The van der Waals surface area contributed by atoms with Crippen LogP contribution in [0, 0.1) is 0 Å². The highest BCUT2D eigenvalue weighted by Gasteiger charge is 2.38. The summed E-state index contributed by atoms with van der Waals surface area (Å²) in [6.07, 6.45) is -4.83. The second-order valence-corrected chi connectivity index (χ2v) is 7.76. The number of halogens is 4. The van der Waals surface area contributed by atoms with Crippen LogP contribution in [-0.2, 0) is 35.8 Å². The van der Waals surface area contributed by atoms with E-state index in [0.717, 1.165) is 29.8 Å². The summed E-state index contributed by atoms with van der Waals surface area (Å²) in [6.45, 7) is 1.30. The molecule has 0 unspecified atom stereocenters. The Morgan fingerprint density at radius 2 is 1.84 bits per heavy atom. The molecule has 0 amide bonds. The Morgan fingerprint density at radius 3 is 2.56 bits per heavy atom. The summed E-state index contributed by atoms with van der Waals surface area (Å²) < 4.78 is 66.4. The predicted molar refractivity (Wildman–Crippen MR) is 87.5 cm³/mol. The number of rotatable bonds is 4. The van der Waals surface area contributed by atoms with Gasteiger partial charge in [-0.3, -0.25) is 0 Å². The van der Waals surface area contributed by atoms with Gasteiger partial charge >= 0.3 is 6.18 Å². The number of fused-ring (bicyclic) bond motifs is 1. The van der Waals surface area contributed by atoms with Crippen molar-refractivity contribution in [1.29, 1.82) is 0 Å². The number of hydrogen-bond donors (Lipinski definition) is 2. The normalized spacial score (nSPS) is 14.6. The molecule has 0 fully saturated rings. The summed E-state index contributed by atoms with van der Waals surface area (Å²) in [7, 11) is -4.43. The zero-order valence-electron chi connectivity index (χ0n) is 12.8. The largest absolute Gasteiger partial charge is 0.417 e. The third kappa shape index (κ3) is 3.82. The molecule has 0 aromatic heterocycles. The second-order valence-electron chi connectivity index (χ2n) is 5.65. The van der Waals surface area contributed by atoms with Crippen molar-refractivity contribution in [3.63, 3.8) is 0 Å². The van der Waals surface area contributed by atoms with E-state index in [1.54, 1.807) is 6.07 Å². The summed E-state index contributed by atoms with van der Waals surface area (Å²) >= 11 is 5.75. The molecule has 9 heteroatoms. The molecule has 0 spiro atoms. The summed E-state index contributed by atoms with van der Waals surface area (Å²) in [5.41, 5.74) is 1.54. The van der Waals surface area contributed by atoms with Crippen molar-refractivity contribution >= 4 is 21.6 Å². The van der Waals surface area contributed by atoms with Crippen molar-refractivity contribution < 1.29 is 21.6 Å². The van der Waals surface area contributed by atoms with E-state index < -0.39 is 31.7 Å². The first-order valence-corrected chi connectivity index (χ1v) is 9.21. The van der Waals surface area contributed by atoms with Crippen LogP contribution in [0.2, 0.25) is 5.02 Å². The predicted octanol–water partition coefficient (Wildman–Crippen LogP) is 3.44. The van der Waals surface area contributed by atoms with Crippen LogP contribution in [0.25, 0.3) is 0 Å². The van der Waals surface area contributed by atoms with Crippen molar-refractivity contribution in [3.8, 4) is 0 Å². The zero-order valence-corrected chi connectivity index (χ0v) is 14.4. The van der Waals surface area contributed by atoms with E-state index in [4.69, 9.17) is 11.6 Å². The maximum absolute atomic E-state index is 13.1. The summed E-state index contributed by atoms with van der Waals surface area (Å²) in [5, 5.41) is 2.69. The minimum absolute atomic E-state index is 0.127. The highest BCUT2D eigenvalue weighted by molar-refractivity contribution is 7.89. The van der Waals surface area contributed by atoms with Crippen LogP contribution in [0.1, 0.15) is 22.3 Å². The molecule has 0 saturated carbocycles. The van der Waals surface area contributed by atoms with Crippen molar-refractivity contribution in [2.75, 3.05) is 0 Å². The Balaban J connectivity index is 1.88. The van der Waals surface area contributed by atoms with Crippen LogP contribution in [0.4, 0.5) is 13.2 Å². The third-order valence-corrected chi connectivity index (χ3v) is 5.84. The standard InChI is InChI=1S/C16H14ClF3N2O2S/c17-14-3-1-2-13(16(18,19)20)15(14)25(23,24)22-7-10-4-5-11-8-21-9-12(11)6-10/h1-6,21-22H,7-9H2. The molecular formula is C16H14ClF3N2O2S. The highest BCUT2D eigenvalue weighted by Crippen LogP contribution is 2.37. The molecule has 1 aliphatic rings. The molecule has 0 aliphatic carbocycles. The Labute approximate surface area is 148 Å². The van der Waals surface area contributed by atoms with Gasteiger partial charge in [-0.2, -0.15) is 13.2 Å². The molecule has 0 radical (unpaired) electrons. The Morgan fingerprint density at radius 1 is 1.12 bits per heavy atom. The maximum Gasteiger partial charge on any atom is 0.417 e. The van der Waals surface area contributed by atoms with Gasteiger partial charge in [0.25, 0.3) is 0 Å². The summed E-state index contributed by atoms with van der Waals surface area (Å²) in [5.74, 6) is 0. The third-order valence-electron chi connectivity index (χ3n) is 3.91. The number of hydrogen-bond acceptors (Lipinski definition) is 3. The number of sulfonamides is 1. The molecule has 2 N–H and O–H groups in total. The quantitative estimate of drug-likeness (QED) is 0.840. The number of benzene rings is 2. The van der Waals surface area contributed by atoms with Gasteiger partial charge in [0.2, 0.25) is 10.0 Å². The Hall–Kier alpha value is -1.61. The van der Waals surface area contributed by atoms with Crippen molar-refractivity contribution in [3.05, 3.63) is 63.7 Å². The topological polar surface area (TPSA) is 58.2 Å². The monoisotopic (exact) mass is 390 g/mol. The molecule has 1 aliphatic heterocycles. The van der Waals surface area contributed by atoms with E-state index in [-0.39, 0.29) is 6.54 Å². The van der Waals surface area contributed by atoms with Gasteiger partial charge in [0.1, 0.15) is 4.90 Å². The SMILES string of the molecule is O=S(=O)(NCc1ccc2c(c1)CNC2)c1c(Cl)cccc1C(F)(F)F. The average Bonchev–Trinajstić information content (AvgIpc) is 2.99. The van der Waals surface area contributed by atoms with Gasteiger partial charge in [0.15, 0.2) is 0 Å². The summed E-state index contributed by atoms with van der Waals surface area (Å²) in [4.78, 5) is -0.952. The lowest BCUT2D eigenvalue weighted by Gasteiger charge is -2.15. The first-order valence-electron chi connectivity index (χ1n) is 7.35. The number of nitrogens with one attached hydrogen (secondary N) is 2. The minimum atomic E-state index is -4.83. The van der Waals surface area contributed by atoms with Crippen LogP contribution < -0.4 is 10.0 Å². The molecule has 2 aromatic carbocycles. The van der Waals surface area contributed by atoms with Crippen molar-refractivity contribution in [2.45, 2.75) is 30.7 Å². The fourth-order valence-corrected chi connectivity index (χ4v) is 4.49. The van der Waals surface area contributed by atoms with Crippen molar-refractivity contribution in [1.82, 2.24) is 10.0 Å². The van der Waals surface area contributed by atoms with E-state index >= 15 is 0 Å². The first kappa shape index (κ1) is 18.2. The fourth-order valence-electron chi connectivity index (χ4n) is 2.71. The first-order chi connectivity index (χ1) is 11.7. The minimum Gasteiger partial charge on any atom is -0.309 e. The zero-order chi connectivity index (χ0) is 18.2. The molecule has 0 saturated heterocycles. The lowest BCUT2D eigenvalue weighted by atomic mass is 10.1. The van der Waals surface area contributed by atoms with Gasteiger partial charge in [-0.25, -0.2) is 13.1 Å². The molecule has 3 rings (SSSR count). The van der Waals surface area contributed by atoms with Crippen LogP contribution >= 0.6 is 11.6 Å². The smallest absolute Gasteiger partial charge is 0.309 e. The lowest BCUT2D eigenvalue weighted by molar-refractivity contribution is -0.139. The lowest BCUT2D eigenvalue weighted by Crippen LogP contribution is -2.26. The summed E-state index contributed by atoms with van der Waals surface area (Å²) in [6, 6.07) is 8.32. The van der Waals surface area contributed by atoms with E-state index in [9.17, 15) is 21.6 Å². The van der Waals surface area contributed by atoms with Crippen molar-refractivity contribution in [2.24, 2.45) is 0 Å². The maximum atomic E-state index is 13.1. The highest BCUT2D eigenvalue weighted by atomic mass is 35.5. The van der Waals surface area contributed by atoms with E-state index in [1.165, 1.54) is 0 Å². The second kappa shape index (κ2) is 6.60. The van der Waals surface area contributed by atoms with Gasteiger partial charge in [-0.15, -0.1) is 0 Å². The Kier molecular flexibility index (Phi) is 4.80. The van der Waals surface area contributed by atoms with Gasteiger partial charge in [-0.05, 0) is 28.8 Å². The molecule has 4 nitrogen and oxygen atoms in total. The molecule has 25 heavy (non-hydrogen) atoms. The van der Waals surface area contributed by atoms with Gasteiger partial charge in [-0.1, -0.05) is 35.9 Å². The van der Waals surface area contributed by atoms with Crippen LogP contribution in [-0.4, -0.2) is 8.42 Å². The van der Waals surface area contributed by atoms with Crippen LogP contribution in [0.3, 0.4) is 0 Å². The van der Waals surface area contributed by atoms with E-state index in [0.29, 0.717) is 18.2 Å². The molecule has 0 bridgehead atoms. The molecule has 134 valence electrons. The molecule has 2 aromatic rings. The van der Waals surface area contributed by atoms with E-state index in [1.807, 2.05) is 12.1 Å². The van der Waals surface area contributed by atoms with Gasteiger partial charge < -0.3 is 5.32 Å². The van der Waals surface area contributed by atoms with Gasteiger partial charge in [0, 0.05) is 19.6 Å². The molecule has 0 atom stereocenters. The average molecular weight is 391 g/mol. The van der Waals surface area contributed by atoms with Crippen LogP contribution in [0.5, 0.6) is 0 Å².